The van der Waals surface area contributed by atoms with Crippen molar-refractivity contribution in [1.29, 1.82) is 0 Å². The Morgan fingerprint density at radius 1 is 1.14 bits per heavy atom. The van der Waals surface area contributed by atoms with Crippen molar-refractivity contribution < 1.29 is 4.79 Å². The summed E-state index contributed by atoms with van der Waals surface area (Å²) in [7, 11) is 2.11. The van der Waals surface area contributed by atoms with E-state index in [4.69, 9.17) is 11.6 Å². The Balaban J connectivity index is 1.89. The molecule has 0 saturated carbocycles. The third-order valence-corrected chi connectivity index (χ3v) is 4.07. The monoisotopic (exact) mass is 300 g/mol. The SMILES string of the molecule is CC(=O)c1ccc(Cl)c(Nc2ccc3c(c2)CN(C)C3)c1. The van der Waals surface area contributed by atoms with Crippen molar-refractivity contribution in [2.75, 3.05) is 12.4 Å². The Labute approximate surface area is 129 Å². The predicted molar refractivity (Wildman–Crippen MR) is 86.4 cm³/mol. The zero-order chi connectivity index (χ0) is 15.0. The van der Waals surface area contributed by atoms with Crippen LogP contribution in [0.4, 0.5) is 11.4 Å². The number of fused-ring (bicyclic) bond motifs is 1. The molecule has 0 fully saturated rings. The average Bonchev–Trinajstić information content (AvgIpc) is 2.80. The van der Waals surface area contributed by atoms with Crippen LogP contribution in [0.3, 0.4) is 0 Å². The van der Waals surface area contributed by atoms with Crippen molar-refractivity contribution in [3.63, 3.8) is 0 Å². The second-order valence-electron chi connectivity index (χ2n) is 5.53. The molecule has 1 aliphatic heterocycles. The van der Waals surface area contributed by atoms with Gasteiger partial charge in [-0.15, -0.1) is 0 Å². The van der Waals surface area contributed by atoms with Gasteiger partial charge in [0.2, 0.25) is 0 Å². The van der Waals surface area contributed by atoms with E-state index < -0.39 is 0 Å². The summed E-state index contributed by atoms with van der Waals surface area (Å²) in [5, 5.41) is 3.92. The first-order valence-electron chi connectivity index (χ1n) is 6.91. The topological polar surface area (TPSA) is 32.3 Å². The lowest BCUT2D eigenvalue weighted by atomic mass is 10.1. The van der Waals surface area contributed by atoms with Crippen LogP contribution in [0.25, 0.3) is 0 Å². The van der Waals surface area contributed by atoms with Gasteiger partial charge in [0, 0.05) is 24.3 Å². The highest BCUT2D eigenvalue weighted by Gasteiger charge is 2.15. The Morgan fingerprint density at radius 3 is 2.67 bits per heavy atom. The maximum Gasteiger partial charge on any atom is 0.159 e. The van der Waals surface area contributed by atoms with E-state index in [2.05, 4.69) is 35.5 Å². The van der Waals surface area contributed by atoms with Crippen molar-refractivity contribution in [1.82, 2.24) is 4.90 Å². The highest BCUT2D eigenvalue weighted by Crippen LogP contribution is 2.30. The first kappa shape index (κ1) is 14.1. The molecular formula is C17H17ClN2O. The molecule has 3 nitrogen and oxygen atoms in total. The molecule has 0 spiro atoms. The molecule has 2 aromatic carbocycles. The van der Waals surface area contributed by atoms with E-state index in [1.165, 1.54) is 11.1 Å². The number of anilines is 2. The van der Waals surface area contributed by atoms with Gasteiger partial charge in [-0.3, -0.25) is 9.69 Å². The standard InChI is InChI=1S/C17H17ClN2O/c1-11(21)12-4-6-16(18)17(8-12)19-15-5-3-13-9-20(2)10-14(13)7-15/h3-8,19H,9-10H2,1-2H3. The van der Waals surface area contributed by atoms with E-state index in [1.54, 1.807) is 25.1 Å². The fourth-order valence-electron chi connectivity index (χ4n) is 2.64. The quantitative estimate of drug-likeness (QED) is 0.861. The van der Waals surface area contributed by atoms with Gasteiger partial charge in [0.05, 0.1) is 10.7 Å². The van der Waals surface area contributed by atoms with Crippen LogP contribution in [-0.4, -0.2) is 17.7 Å². The van der Waals surface area contributed by atoms with E-state index in [0.29, 0.717) is 10.6 Å². The van der Waals surface area contributed by atoms with Gasteiger partial charge in [0.15, 0.2) is 5.78 Å². The van der Waals surface area contributed by atoms with Crippen LogP contribution in [0.15, 0.2) is 36.4 Å². The third kappa shape index (κ3) is 2.94. The molecule has 0 atom stereocenters. The van der Waals surface area contributed by atoms with Gasteiger partial charge in [0.25, 0.3) is 0 Å². The van der Waals surface area contributed by atoms with Crippen LogP contribution in [0.2, 0.25) is 5.02 Å². The number of Topliss-reactive ketones (excluding diaryl/α,β-unsaturated/α-hetero) is 1. The Hall–Kier alpha value is -1.84. The zero-order valence-electron chi connectivity index (χ0n) is 12.1. The molecule has 21 heavy (non-hydrogen) atoms. The number of rotatable bonds is 3. The highest BCUT2D eigenvalue weighted by atomic mass is 35.5. The number of hydrogen-bond donors (Lipinski definition) is 1. The Kier molecular flexibility index (Phi) is 3.70. The fraction of sp³-hybridized carbons (Fsp3) is 0.235. The second-order valence-corrected chi connectivity index (χ2v) is 5.94. The molecule has 108 valence electrons. The molecule has 0 bridgehead atoms. The molecule has 2 aromatic rings. The average molecular weight is 301 g/mol. The lowest BCUT2D eigenvalue weighted by Crippen LogP contribution is -2.07. The molecule has 1 N–H and O–H groups in total. The third-order valence-electron chi connectivity index (χ3n) is 3.74. The number of halogens is 1. The van der Waals surface area contributed by atoms with Gasteiger partial charge in [-0.05, 0) is 55.4 Å². The summed E-state index contributed by atoms with van der Waals surface area (Å²) in [5.41, 5.74) is 5.11. The van der Waals surface area contributed by atoms with E-state index in [0.717, 1.165) is 24.5 Å². The van der Waals surface area contributed by atoms with Gasteiger partial charge in [-0.2, -0.15) is 0 Å². The van der Waals surface area contributed by atoms with Crippen LogP contribution < -0.4 is 5.32 Å². The largest absolute Gasteiger partial charge is 0.354 e. The summed E-state index contributed by atoms with van der Waals surface area (Å²) in [5.74, 6) is 0.0327. The van der Waals surface area contributed by atoms with E-state index in [1.807, 2.05) is 0 Å². The Morgan fingerprint density at radius 2 is 1.90 bits per heavy atom. The molecule has 1 aliphatic rings. The summed E-state index contributed by atoms with van der Waals surface area (Å²) in [4.78, 5) is 13.8. The summed E-state index contributed by atoms with van der Waals surface area (Å²) in [6, 6.07) is 11.6. The normalized spacial score (nSPS) is 14.0. The Bertz CT molecular complexity index is 712. The van der Waals surface area contributed by atoms with Crippen LogP contribution in [0.5, 0.6) is 0 Å². The lowest BCUT2D eigenvalue weighted by molar-refractivity contribution is 0.101. The van der Waals surface area contributed by atoms with Crippen molar-refractivity contribution in [3.05, 3.63) is 58.1 Å². The molecule has 4 heteroatoms. The lowest BCUT2D eigenvalue weighted by Gasteiger charge is -2.11. The molecular weight excluding hydrogens is 284 g/mol. The van der Waals surface area contributed by atoms with Crippen molar-refractivity contribution in [3.8, 4) is 0 Å². The van der Waals surface area contributed by atoms with E-state index >= 15 is 0 Å². The summed E-state index contributed by atoms with van der Waals surface area (Å²) in [6.07, 6.45) is 0. The first-order valence-corrected chi connectivity index (χ1v) is 7.28. The number of nitrogens with one attached hydrogen (secondary N) is 1. The first-order chi connectivity index (χ1) is 10.0. The maximum absolute atomic E-state index is 11.5. The van der Waals surface area contributed by atoms with Crippen LogP contribution >= 0.6 is 11.6 Å². The number of carbonyl (C=O) groups is 1. The second kappa shape index (κ2) is 5.51. The van der Waals surface area contributed by atoms with Crippen LogP contribution in [0.1, 0.15) is 28.4 Å². The van der Waals surface area contributed by atoms with Crippen LogP contribution in [-0.2, 0) is 13.1 Å². The number of carbonyl (C=O) groups excluding carboxylic acids is 1. The van der Waals surface area contributed by atoms with Gasteiger partial charge < -0.3 is 5.32 Å². The fourth-order valence-corrected chi connectivity index (χ4v) is 2.80. The molecule has 0 aromatic heterocycles. The minimum absolute atomic E-state index is 0.0327. The summed E-state index contributed by atoms with van der Waals surface area (Å²) in [6.45, 7) is 3.51. The van der Waals surface area contributed by atoms with Gasteiger partial charge in [0.1, 0.15) is 0 Å². The molecule has 0 saturated heterocycles. The van der Waals surface area contributed by atoms with Crippen molar-refractivity contribution >= 4 is 28.8 Å². The minimum Gasteiger partial charge on any atom is -0.354 e. The van der Waals surface area contributed by atoms with E-state index in [9.17, 15) is 4.79 Å². The van der Waals surface area contributed by atoms with Crippen molar-refractivity contribution in [2.24, 2.45) is 0 Å². The molecule has 0 unspecified atom stereocenters. The van der Waals surface area contributed by atoms with Crippen LogP contribution in [0, 0.1) is 0 Å². The van der Waals surface area contributed by atoms with E-state index in [-0.39, 0.29) is 5.78 Å². The minimum atomic E-state index is 0.0327. The summed E-state index contributed by atoms with van der Waals surface area (Å²) >= 11 is 6.21. The highest BCUT2D eigenvalue weighted by molar-refractivity contribution is 6.33. The number of ketones is 1. The number of nitrogens with zero attached hydrogens (tertiary/aromatic N) is 1. The summed E-state index contributed by atoms with van der Waals surface area (Å²) < 4.78 is 0. The van der Waals surface area contributed by atoms with Gasteiger partial charge in [-0.1, -0.05) is 17.7 Å². The molecule has 0 amide bonds. The van der Waals surface area contributed by atoms with Gasteiger partial charge in [-0.25, -0.2) is 0 Å². The molecule has 3 rings (SSSR count). The van der Waals surface area contributed by atoms with Gasteiger partial charge >= 0.3 is 0 Å². The molecule has 0 aliphatic carbocycles. The predicted octanol–water partition coefficient (Wildman–Crippen LogP) is 4.23. The molecule has 0 radical (unpaired) electrons. The maximum atomic E-state index is 11.5. The number of benzene rings is 2. The number of hydrogen-bond acceptors (Lipinski definition) is 3. The molecule has 1 heterocycles. The zero-order valence-corrected chi connectivity index (χ0v) is 12.9. The smallest absolute Gasteiger partial charge is 0.159 e. The van der Waals surface area contributed by atoms with Crippen molar-refractivity contribution in [2.45, 2.75) is 20.0 Å².